The highest BCUT2D eigenvalue weighted by Crippen LogP contribution is 2.38. The number of nitrogens with zero attached hydrogens (tertiary/aromatic N) is 1. The van der Waals surface area contributed by atoms with Crippen LogP contribution in [0.25, 0.3) is 0 Å². The van der Waals surface area contributed by atoms with Gasteiger partial charge in [-0.15, -0.1) is 0 Å². The molecule has 30 heavy (non-hydrogen) atoms. The van der Waals surface area contributed by atoms with Crippen molar-refractivity contribution in [3.05, 3.63) is 41.4 Å². The van der Waals surface area contributed by atoms with Crippen LogP contribution in [0.4, 0.5) is 11.4 Å². The van der Waals surface area contributed by atoms with Crippen molar-refractivity contribution in [3.8, 4) is 17.2 Å². The molecule has 0 aromatic heterocycles. The van der Waals surface area contributed by atoms with Crippen LogP contribution in [0.1, 0.15) is 6.42 Å². The zero-order valence-corrected chi connectivity index (χ0v) is 17.1. The van der Waals surface area contributed by atoms with Crippen LogP contribution in [0, 0.1) is 5.92 Å². The summed E-state index contributed by atoms with van der Waals surface area (Å²) >= 11 is 6.22. The van der Waals surface area contributed by atoms with Gasteiger partial charge in [-0.25, -0.2) is 0 Å². The summed E-state index contributed by atoms with van der Waals surface area (Å²) in [4.78, 5) is 27.0. The summed E-state index contributed by atoms with van der Waals surface area (Å²) in [5, 5.41) is 3.22. The quantitative estimate of drug-likeness (QED) is 0.677. The first-order chi connectivity index (χ1) is 14.6. The first kappa shape index (κ1) is 20.3. The zero-order valence-electron chi connectivity index (χ0n) is 16.4. The van der Waals surface area contributed by atoms with Gasteiger partial charge in [0, 0.05) is 31.8 Å². The van der Waals surface area contributed by atoms with Gasteiger partial charge < -0.3 is 29.2 Å². The summed E-state index contributed by atoms with van der Waals surface area (Å²) in [5.74, 6) is 0.698. The molecule has 1 fully saturated rings. The summed E-state index contributed by atoms with van der Waals surface area (Å²) in [6.45, 7) is 1.11. The smallest absolute Gasteiger partial charge is 0.231 e. The number of ether oxygens (including phenoxy) is 4. The summed E-state index contributed by atoms with van der Waals surface area (Å²) in [6.07, 6.45) is 0.112. The molecule has 0 saturated carbocycles. The molecule has 1 atom stereocenters. The lowest BCUT2D eigenvalue weighted by Gasteiger charge is -2.18. The maximum Gasteiger partial charge on any atom is 0.231 e. The van der Waals surface area contributed by atoms with Crippen molar-refractivity contribution in [3.63, 3.8) is 0 Å². The molecule has 0 bridgehead atoms. The van der Waals surface area contributed by atoms with Crippen molar-refractivity contribution in [1.82, 2.24) is 0 Å². The Kier molecular flexibility index (Phi) is 5.96. The van der Waals surface area contributed by atoms with Crippen LogP contribution in [0.15, 0.2) is 36.4 Å². The Balaban J connectivity index is 1.45. The van der Waals surface area contributed by atoms with Crippen LogP contribution in [0.5, 0.6) is 17.2 Å². The van der Waals surface area contributed by atoms with Crippen molar-refractivity contribution in [2.75, 3.05) is 43.9 Å². The highest BCUT2D eigenvalue weighted by Gasteiger charge is 2.36. The highest BCUT2D eigenvalue weighted by molar-refractivity contribution is 6.32. The van der Waals surface area contributed by atoms with E-state index in [-0.39, 0.29) is 31.6 Å². The van der Waals surface area contributed by atoms with Crippen molar-refractivity contribution >= 4 is 34.8 Å². The van der Waals surface area contributed by atoms with E-state index < -0.39 is 5.92 Å². The molecular weight excluding hydrogens is 412 g/mol. The summed E-state index contributed by atoms with van der Waals surface area (Å²) < 4.78 is 21.3. The molecule has 4 rings (SSSR count). The lowest BCUT2D eigenvalue weighted by molar-refractivity contribution is -0.122. The molecule has 2 amide bonds. The van der Waals surface area contributed by atoms with E-state index in [2.05, 4.69) is 5.32 Å². The molecule has 8 nitrogen and oxygen atoms in total. The third-order valence-electron chi connectivity index (χ3n) is 4.92. The fourth-order valence-electron chi connectivity index (χ4n) is 3.40. The standard InChI is InChI=1S/C21H21ClN2O6/c1-27-7-8-28-20-15(22)3-2-4-16(20)23-21(26)13-9-19(25)24(11-13)14-5-6-17-18(10-14)30-12-29-17/h2-6,10,13H,7-9,11-12H2,1H3,(H,23,26). The Morgan fingerprint density at radius 3 is 2.90 bits per heavy atom. The first-order valence-electron chi connectivity index (χ1n) is 9.48. The second kappa shape index (κ2) is 8.81. The van der Waals surface area contributed by atoms with Gasteiger partial charge in [0.2, 0.25) is 18.6 Å². The van der Waals surface area contributed by atoms with E-state index in [0.717, 1.165) is 0 Å². The number of carbonyl (C=O) groups excluding carboxylic acids is 2. The van der Waals surface area contributed by atoms with E-state index in [1.54, 1.807) is 48.4 Å². The van der Waals surface area contributed by atoms with E-state index in [1.807, 2.05) is 0 Å². The molecule has 2 heterocycles. The Bertz CT molecular complexity index is 967. The van der Waals surface area contributed by atoms with Gasteiger partial charge >= 0.3 is 0 Å². The van der Waals surface area contributed by atoms with Gasteiger partial charge in [-0.2, -0.15) is 0 Å². The predicted molar refractivity (Wildman–Crippen MR) is 110 cm³/mol. The van der Waals surface area contributed by atoms with Crippen molar-refractivity contribution in [1.29, 1.82) is 0 Å². The minimum Gasteiger partial charge on any atom is -0.487 e. The number of hydrogen-bond acceptors (Lipinski definition) is 6. The maximum absolute atomic E-state index is 12.9. The minimum absolute atomic E-state index is 0.112. The average Bonchev–Trinajstić information content (AvgIpc) is 3.36. The molecule has 2 aliphatic rings. The molecule has 2 aromatic rings. The fourth-order valence-corrected chi connectivity index (χ4v) is 3.63. The summed E-state index contributed by atoms with van der Waals surface area (Å²) in [5.41, 5.74) is 1.13. The van der Waals surface area contributed by atoms with Crippen LogP contribution in [0.3, 0.4) is 0 Å². The second-order valence-corrected chi connectivity index (χ2v) is 7.30. The molecule has 0 radical (unpaired) electrons. The fraction of sp³-hybridized carbons (Fsp3) is 0.333. The third-order valence-corrected chi connectivity index (χ3v) is 5.22. The van der Waals surface area contributed by atoms with Crippen LogP contribution in [0.2, 0.25) is 5.02 Å². The number of halogens is 1. The molecule has 0 spiro atoms. The van der Waals surface area contributed by atoms with E-state index in [1.165, 1.54) is 0 Å². The zero-order chi connectivity index (χ0) is 21.1. The van der Waals surface area contributed by atoms with E-state index in [9.17, 15) is 9.59 Å². The molecule has 1 N–H and O–H groups in total. The van der Waals surface area contributed by atoms with Gasteiger partial charge in [0.1, 0.15) is 6.61 Å². The van der Waals surface area contributed by atoms with E-state index in [0.29, 0.717) is 46.9 Å². The number of hydrogen-bond donors (Lipinski definition) is 1. The number of benzene rings is 2. The first-order valence-corrected chi connectivity index (χ1v) is 9.85. The minimum atomic E-state index is -0.506. The number of carbonyl (C=O) groups is 2. The molecule has 2 aliphatic heterocycles. The second-order valence-electron chi connectivity index (χ2n) is 6.89. The van der Waals surface area contributed by atoms with Crippen molar-refractivity contribution in [2.24, 2.45) is 5.92 Å². The van der Waals surface area contributed by atoms with Gasteiger partial charge in [-0.3, -0.25) is 9.59 Å². The van der Waals surface area contributed by atoms with E-state index >= 15 is 0 Å². The number of fused-ring (bicyclic) bond motifs is 1. The molecule has 2 aromatic carbocycles. The number of amides is 2. The normalized spacial score (nSPS) is 17.3. The monoisotopic (exact) mass is 432 g/mol. The van der Waals surface area contributed by atoms with Gasteiger partial charge in [-0.05, 0) is 24.3 Å². The number of nitrogens with one attached hydrogen (secondary N) is 1. The maximum atomic E-state index is 12.9. The Hall–Kier alpha value is -2.97. The molecular formula is C21H21ClN2O6. The van der Waals surface area contributed by atoms with Crippen molar-refractivity contribution < 1.29 is 28.5 Å². The molecule has 158 valence electrons. The third kappa shape index (κ3) is 4.15. The van der Waals surface area contributed by atoms with Crippen LogP contribution < -0.4 is 24.4 Å². The lowest BCUT2D eigenvalue weighted by atomic mass is 10.1. The van der Waals surface area contributed by atoms with Crippen molar-refractivity contribution in [2.45, 2.75) is 6.42 Å². The topological polar surface area (TPSA) is 86.3 Å². The molecule has 1 saturated heterocycles. The van der Waals surface area contributed by atoms with Gasteiger partial charge in [0.25, 0.3) is 0 Å². The van der Waals surface area contributed by atoms with Gasteiger partial charge in [0.05, 0.1) is 23.2 Å². The number of methoxy groups -OCH3 is 1. The lowest BCUT2D eigenvalue weighted by Crippen LogP contribution is -2.28. The van der Waals surface area contributed by atoms with E-state index in [4.69, 9.17) is 30.5 Å². The molecule has 9 heteroatoms. The summed E-state index contributed by atoms with van der Waals surface area (Å²) in [7, 11) is 1.57. The Morgan fingerprint density at radius 1 is 1.23 bits per heavy atom. The predicted octanol–water partition coefficient (Wildman–Crippen LogP) is 3.09. The number of para-hydroxylation sites is 1. The molecule has 1 unspecified atom stereocenters. The Labute approximate surface area is 178 Å². The van der Waals surface area contributed by atoms with Crippen LogP contribution in [-0.2, 0) is 14.3 Å². The average molecular weight is 433 g/mol. The van der Waals surface area contributed by atoms with Gasteiger partial charge in [-0.1, -0.05) is 17.7 Å². The van der Waals surface area contributed by atoms with Crippen LogP contribution >= 0.6 is 11.6 Å². The molecule has 0 aliphatic carbocycles. The number of anilines is 2. The Morgan fingerprint density at radius 2 is 2.07 bits per heavy atom. The number of rotatable bonds is 7. The SMILES string of the molecule is COCCOc1c(Cl)cccc1NC(=O)C1CC(=O)N(c2ccc3c(c2)OCO3)C1. The highest BCUT2D eigenvalue weighted by atomic mass is 35.5. The largest absolute Gasteiger partial charge is 0.487 e. The van der Waals surface area contributed by atoms with Crippen LogP contribution in [-0.4, -0.2) is 45.5 Å². The van der Waals surface area contributed by atoms with Gasteiger partial charge in [0.15, 0.2) is 17.2 Å². The summed E-state index contributed by atoms with van der Waals surface area (Å²) in [6, 6.07) is 10.4.